The summed E-state index contributed by atoms with van der Waals surface area (Å²) in [6, 6.07) is -0.907. The van der Waals surface area contributed by atoms with E-state index in [-0.39, 0.29) is 12.5 Å². The van der Waals surface area contributed by atoms with Crippen LogP contribution in [0.5, 0.6) is 0 Å². The molecule has 0 saturated carbocycles. The van der Waals surface area contributed by atoms with Gasteiger partial charge in [0.25, 0.3) is 7.82 Å². The van der Waals surface area contributed by atoms with Crippen molar-refractivity contribution < 1.29 is 32.9 Å². The standard InChI is InChI=1S/C64H117N2O6P/c1-6-8-10-12-14-16-18-20-22-24-26-27-28-29-30-31-32-33-34-35-36-37-38-39-40-42-44-46-48-50-52-54-56-58-64(68)65-62(61-72-73(69,70)71-60-59-66(3,4)5)63(67)57-55-53-51-49-47-45-43-41-25-23-21-19-17-15-13-11-9-7-2/h8,10,14,16,20,22,26-27,29-30,47,49,55,57,62-63,67H,6-7,9,11-13,15,17-19,21,23-25,28,31-46,48,50-54,56,58-61H2,1-5H3,(H-,65,68,69,70)/b10-8-,16-14-,22-20-,27-26-,30-29-,49-47+,57-55+. The third-order valence-electron chi connectivity index (χ3n) is 13.3. The maximum atomic E-state index is 13.0. The lowest BCUT2D eigenvalue weighted by Crippen LogP contribution is -2.45. The zero-order valence-electron chi connectivity index (χ0n) is 48.3. The highest BCUT2D eigenvalue weighted by molar-refractivity contribution is 7.45. The fourth-order valence-corrected chi connectivity index (χ4v) is 9.33. The van der Waals surface area contributed by atoms with E-state index in [2.05, 4.69) is 92.1 Å². The van der Waals surface area contributed by atoms with Crippen LogP contribution in [0.2, 0.25) is 0 Å². The van der Waals surface area contributed by atoms with Gasteiger partial charge >= 0.3 is 0 Å². The lowest BCUT2D eigenvalue weighted by Gasteiger charge is -2.29. The normalized spacial score (nSPS) is 14.5. The van der Waals surface area contributed by atoms with Crippen LogP contribution in [0.3, 0.4) is 0 Å². The van der Waals surface area contributed by atoms with Crippen LogP contribution in [0.4, 0.5) is 0 Å². The van der Waals surface area contributed by atoms with Crippen LogP contribution in [0.1, 0.15) is 264 Å². The van der Waals surface area contributed by atoms with Crippen molar-refractivity contribution in [2.24, 2.45) is 0 Å². The average molecular weight is 1040 g/mol. The maximum Gasteiger partial charge on any atom is 0.268 e. The van der Waals surface area contributed by atoms with E-state index >= 15 is 0 Å². The number of nitrogens with one attached hydrogen (secondary N) is 1. The number of rotatable bonds is 55. The summed E-state index contributed by atoms with van der Waals surface area (Å²) in [6.45, 7) is 4.53. The lowest BCUT2D eigenvalue weighted by molar-refractivity contribution is -0.870. The molecule has 1 amide bonds. The molecular formula is C64H117N2O6P. The zero-order valence-corrected chi connectivity index (χ0v) is 49.2. The fraction of sp³-hybridized carbons (Fsp3) is 0.766. The number of allylic oxidation sites excluding steroid dienone is 13. The number of amides is 1. The molecule has 0 aromatic heterocycles. The average Bonchev–Trinajstić information content (AvgIpc) is 3.35. The van der Waals surface area contributed by atoms with E-state index in [1.165, 1.54) is 173 Å². The van der Waals surface area contributed by atoms with Crippen molar-refractivity contribution in [3.05, 3.63) is 85.1 Å². The maximum absolute atomic E-state index is 13.0. The van der Waals surface area contributed by atoms with Crippen molar-refractivity contribution >= 4 is 13.7 Å². The van der Waals surface area contributed by atoms with E-state index in [9.17, 15) is 19.4 Å². The van der Waals surface area contributed by atoms with E-state index in [0.29, 0.717) is 17.4 Å². The Labute approximate surface area is 452 Å². The second-order valence-corrected chi connectivity index (χ2v) is 23.1. The van der Waals surface area contributed by atoms with Crippen molar-refractivity contribution in [1.29, 1.82) is 0 Å². The van der Waals surface area contributed by atoms with Crippen molar-refractivity contribution in [3.8, 4) is 0 Å². The SMILES string of the molecule is CC/C=C\C/C=C\C/C=C\C/C=C\C/C=C\CCCCCCCCCCCCCCCCCCCC(=O)NC(COP(=O)([O-])OCC[N+](C)(C)C)C(O)/C=C/CC/C=C/CCCCCCCCCCCCCC. The van der Waals surface area contributed by atoms with Gasteiger partial charge in [-0.1, -0.05) is 266 Å². The van der Waals surface area contributed by atoms with Crippen molar-refractivity contribution in [3.63, 3.8) is 0 Å². The third kappa shape index (κ3) is 57.2. The molecule has 0 radical (unpaired) electrons. The molecule has 0 heterocycles. The molecule has 3 unspecified atom stereocenters. The van der Waals surface area contributed by atoms with Gasteiger partial charge in [0, 0.05) is 6.42 Å². The number of hydrogen-bond donors (Lipinski definition) is 2. The van der Waals surface area contributed by atoms with Crippen molar-refractivity contribution in [2.45, 2.75) is 276 Å². The molecule has 0 bridgehead atoms. The molecule has 0 spiro atoms. The summed E-state index contributed by atoms with van der Waals surface area (Å²) in [7, 11) is 1.24. The molecule has 0 aliphatic carbocycles. The number of carbonyl (C=O) groups excluding carboxylic acids is 1. The van der Waals surface area contributed by atoms with Crippen molar-refractivity contribution in [1.82, 2.24) is 5.32 Å². The van der Waals surface area contributed by atoms with E-state index in [0.717, 1.165) is 70.6 Å². The Morgan fingerprint density at radius 1 is 0.493 bits per heavy atom. The first kappa shape index (κ1) is 70.7. The molecule has 0 rings (SSSR count). The summed E-state index contributed by atoms with van der Waals surface area (Å²) in [4.78, 5) is 25.5. The van der Waals surface area contributed by atoms with Crippen molar-refractivity contribution in [2.75, 3.05) is 40.9 Å². The van der Waals surface area contributed by atoms with Gasteiger partial charge < -0.3 is 28.8 Å². The largest absolute Gasteiger partial charge is 0.756 e. The fourth-order valence-electron chi connectivity index (χ4n) is 8.61. The van der Waals surface area contributed by atoms with Crippen LogP contribution < -0.4 is 10.2 Å². The molecule has 73 heavy (non-hydrogen) atoms. The van der Waals surface area contributed by atoms with Gasteiger partial charge in [0.2, 0.25) is 5.91 Å². The molecule has 0 saturated heterocycles. The Balaban J connectivity index is 4.12. The Bertz CT molecular complexity index is 1460. The number of quaternary nitrogens is 1. The van der Waals surface area contributed by atoms with Gasteiger partial charge in [-0.2, -0.15) is 0 Å². The number of aliphatic hydroxyl groups excluding tert-OH is 1. The van der Waals surface area contributed by atoms with Gasteiger partial charge in [0.1, 0.15) is 13.2 Å². The summed E-state index contributed by atoms with van der Waals surface area (Å²) in [6.07, 6.45) is 76.7. The van der Waals surface area contributed by atoms with E-state index in [1.54, 1.807) is 6.08 Å². The first-order valence-electron chi connectivity index (χ1n) is 30.4. The molecule has 8 nitrogen and oxygen atoms in total. The highest BCUT2D eigenvalue weighted by Gasteiger charge is 2.23. The highest BCUT2D eigenvalue weighted by atomic mass is 31.2. The highest BCUT2D eigenvalue weighted by Crippen LogP contribution is 2.38. The molecule has 0 aromatic carbocycles. The molecule has 2 N–H and O–H groups in total. The van der Waals surface area contributed by atoms with Gasteiger partial charge in [-0.15, -0.1) is 0 Å². The monoisotopic (exact) mass is 1040 g/mol. The minimum atomic E-state index is -4.61. The van der Waals surface area contributed by atoms with E-state index < -0.39 is 26.6 Å². The minimum absolute atomic E-state index is 0.00806. The number of unbranched alkanes of at least 4 members (excludes halogenated alkanes) is 30. The van der Waals surface area contributed by atoms with Crippen LogP contribution in [0.25, 0.3) is 0 Å². The quantitative estimate of drug-likeness (QED) is 0.0272. The van der Waals surface area contributed by atoms with Crippen LogP contribution in [0, 0.1) is 0 Å². The number of aliphatic hydroxyl groups is 1. The van der Waals surface area contributed by atoms with Crippen LogP contribution in [-0.4, -0.2) is 68.5 Å². The smallest absolute Gasteiger partial charge is 0.268 e. The summed E-state index contributed by atoms with van der Waals surface area (Å²) >= 11 is 0. The Morgan fingerprint density at radius 3 is 1.27 bits per heavy atom. The van der Waals surface area contributed by atoms with E-state index in [1.807, 2.05) is 27.2 Å². The van der Waals surface area contributed by atoms with Crippen LogP contribution >= 0.6 is 7.82 Å². The van der Waals surface area contributed by atoms with E-state index in [4.69, 9.17) is 9.05 Å². The molecule has 0 aliphatic heterocycles. The second-order valence-electron chi connectivity index (χ2n) is 21.7. The number of carbonyl (C=O) groups is 1. The molecule has 0 aliphatic rings. The van der Waals surface area contributed by atoms with Gasteiger partial charge in [-0.05, 0) is 77.0 Å². The Morgan fingerprint density at radius 2 is 0.849 bits per heavy atom. The molecule has 0 aromatic rings. The molecule has 424 valence electrons. The Kier molecular flexibility index (Phi) is 52.7. The summed E-state index contributed by atoms with van der Waals surface area (Å²) < 4.78 is 23.3. The Hall–Kier alpha value is -2.32. The first-order chi connectivity index (χ1) is 35.5. The van der Waals surface area contributed by atoms with Gasteiger partial charge in [-0.25, -0.2) is 0 Å². The predicted octanol–water partition coefficient (Wildman–Crippen LogP) is 18.2. The number of phosphoric ester groups is 1. The zero-order chi connectivity index (χ0) is 53.5. The molecular weight excluding hydrogens is 924 g/mol. The second kappa shape index (κ2) is 54.5. The third-order valence-corrected chi connectivity index (χ3v) is 14.3. The summed E-state index contributed by atoms with van der Waals surface area (Å²) in [5, 5.41) is 13.9. The summed E-state index contributed by atoms with van der Waals surface area (Å²) in [5.41, 5.74) is 0. The van der Waals surface area contributed by atoms with Crippen LogP contribution in [0.15, 0.2) is 85.1 Å². The van der Waals surface area contributed by atoms with Crippen LogP contribution in [-0.2, 0) is 18.4 Å². The van der Waals surface area contributed by atoms with Gasteiger partial charge in [-0.3, -0.25) is 9.36 Å². The molecule has 3 atom stereocenters. The molecule has 0 fully saturated rings. The number of likely N-dealkylation sites (N-methyl/N-ethyl adjacent to an activating group) is 1. The predicted molar refractivity (Wildman–Crippen MR) is 316 cm³/mol. The number of nitrogens with zero attached hydrogens (tertiary/aromatic N) is 1. The van der Waals surface area contributed by atoms with Gasteiger partial charge in [0.05, 0.1) is 39.9 Å². The molecule has 9 heteroatoms. The number of hydrogen-bond acceptors (Lipinski definition) is 6. The lowest BCUT2D eigenvalue weighted by atomic mass is 10.0. The number of phosphoric acid groups is 1. The minimum Gasteiger partial charge on any atom is -0.756 e. The van der Waals surface area contributed by atoms with Gasteiger partial charge in [0.15, 0.2) is 0 Å². The summed E-state index contributed by atoms with van der Waals surface area (Å²) in [5.74, 6) is -0.207. The first-order valence-corrected chi connectivity index (χ1v) is 31.9. The topological polar surface area (TPSA) is 108 Å².